The van der Waals surface area contributed by atoms with E-state index in [-0.39, 0.29) is 18.2 Å². The lowest BCUT2D eigenvalue weighted by molar-refractivity contribution is -0.150. The highest BCUT2D eigenvalue weighted by molar-refractivity contribution is 5.92. The van der Waals surface area contributed by atoms with E-state index in [2.05, 4.69) is 15.5 Å². The van der Waals surface area contributed by atoms with Crippen LogP contribution in [0.25, 0.3) is 39.2 Å². The van der Waals surface area contributed by atoms with Gasteiger partial charge in [-0.15, -0.1) is 0 Å². The standard InChI is InChI=1S/C34H33N7O4/c1-21(2)29(35)34(43)45-20-40-19-18-26(38-40)36-31-28(23-14-16-25(44-3)17-15-23)33(42)41-32(37-31)27(22-10-6-4-7-11-22)30(39-41)24-12-8-5-9-13-24/h4-19,21,29,39H,20,35H2,1-3H3,(H,36,38)/t29-/m0/s1. The molecule has 0 aliphatic heterocycles. The van der Waals surface area contributed by atoms with Crippen LogP contribution in [0.3, 0.4) is 0 Å². The molecular formula is C34H33N7O4. The molecule has 3 aromatic heterocycles. The average molecular weight is 604 g/mol. The third kappa shape index (κ3) is 5.93. The smallest absolute Gasteiger partial charge is 0.324 e. The lowest BCUT2D eigenvalue weighted by Gasteiger charge is -2.14. The maximum absolute atomic E-state index is 14.3. The SMILES string of the molecule is COc1ccc(-c2c(Nc3ccn(COC(=O)[C@@H](N)C(C)C)n3)nc3c(-c4ccccc4)c(-c4ccccc4)[nH]n3c2=O)cc1. The topological polar surface area (TPSA) is 142 Å². The van der Waals surface area contributed by atoms with E-state index in [0.29, 0.717) is 34.2 Å². The number of benzene rings is 3. The van der Waals surface area contributed by atoms with Crippen molar-refractivity contribution in [2.24, 2.45) is 11.7 Å². The number of anilines is 2. The first-order valence-corrected chi connectivity index (χ1v) is 14.5. The van der Waals surface area contributed by atoms with Crippen molar-refractivity contribution < 1.29 is 14.3 Å². The lowest BCUT2D eigenvalue weighted by atomic mass is 10.0. The van der Waals surface area contributed by atoms with Crippen LogP contribution in [0.5, 0.6) is 5.75 Å². The summed E-state index contributed by atoms with van der Waals surface area (Å²) >= 11 is 0. The zero-order valence-corrected chi connectivity index (χ0v) is 25.1. The van der Waals surface area contributed by atoms with Crippen LogP contribution < -0.4 is 21.3 Å². The van der Waals surface area contributed by atoms with Gasteiger partial charge in [-0.3, -0.25) is 14.7 Å². The van der Waals surface area contributed by atoms with Gasteiger partial charge in [0.15, 0.2) is 18.2 Å². The maximum atomic E-state index is 14.3. The Labute approximate surface area is 259 Å². The van der Waals surface area contributed by atoms with Crippen molar-refractivity contribution in [3.05, 3.63) is 108 Å². The molecule has 6 rings (SSSR count). The van der Waals surface area contributed by atoms with E-state index in [1.165, 1.54) is 9.20 Å². The number of esters is 1. The minimum absolute atomic E-state index is 0.0551. The van der Waals surface area contributed by atoms with Gasteiger partial charge in [-0.25, -0.2) is 9.67 Å². The van der Waals surface area contributed by atoms with Gasteiger partial charge in [-0.2, -0.15) is 9.61 Å². The molecule has 3 aromatic carbocycles. The number of nitrogens with zero attached hydrogens (tertiary/aromatic N) is 4. The molecule has 0 amide bonds. The minimum atomic E-state index is -0.727. The molecule has 11 heteroatoms. The number of hydrogen-bond acceptors (Lipinski definition) is 8. The van der Waals surface area contributed by atoms with Crippen molar-refractivity contribution in [3.8, 4) is 39.3 Å². The van der Waals surface area contributed by atoms with Gasteiger partial charge in [0.25, 0.3) is 5.56 Å². The highest BCUT2D eigenvalue weighted by Gasteiger charge is 2.23. The molecule has 3 heterocycles. The molecule has 1 atom stereocenters. The lowest BCUT2D eigenvalue weighted by Crippen LogP contribution is -2.37. The second kappa shape index (κ2) is 12.5. The van der Waals surface area contributed by atoms with Crippen LogP contribution in [0.2, 0.25) is 0 Å². The number of carbonyl (C=O) groups is 1. The highest BCUT2D eigenvalue weighted by atomic mass is 16.5. The Balaban J connectivity index is 1.48. The molecule has 0 radical (unpaired) electrons. The molecule has 0 unspecified atom stereocenters. The number of H-pyrrole nitrogens is 1. The van der Waals surface area contributed by atoms with Gasteiger partial charge in [0.2, 0.25) is 0 Å². The van der Waals surface area contributed by atoms with E-state index < -0.39 is 12.0 Å². The number of ether oxygens (including phenoxy) is 2. The number of nitrogens with one attached hydrogen (secondary N) is 2. The first kappa shape index (κ1) is 29.4. The minimum Gasteiger partial charge on any atom is -0.497 e. The van der Waals surface area contributed by atoms with Gasteiger partial charge in [0.05, 0.1) is 23.9 Å². The Hall–Kier alpha value is -5.68. The number of aromatic amines is 1. The average Bonchev–Trinajstić information content (AvgIpc) is 3.69. The van der Waals surface area contributed by atoms with E-state index in [1.807, 2.05) is 86.6 Å². The van der Waals surface area contributed by atoms with E-state index >= 15 is 0 Å². The fourth-order valence-electron chi connectivity index (χ4n) is 4.99. The van der Waals surface area contributed by atoms with Gasteiger partial charge in [-0.05, 0) is 29.2 Å². The first-order chi connectivity index (χ1) is 21.8. The maximum Gasteiger partial charge on any atom is 0.324 e. The van der Waals surface area contributed by atoms with Crippen molar-refractivity contribution in [2.45, 2.75) is 26.6 Å². The van der Waals surface area contributed by atoms with Crippen LogP contribution in [-0.4, -0.2) is 43.5 Å². The molecular weight excluding hydrogens is 570 g/mol. The van der Waals surface area contributed by atoms with Crippen molar-refractivity contribution in [1.29, 1.82) is 0 Å². The molecule has 11 nitrogen and oxygen atoms in total. The Bertz CT molecular complexity index is 2000. The van der Waals surface area contributed by atoms with Crippen LogP contribution in [0.1, 0.15) is 13.8 Å². The van der Waals surface area contributed by atoms with Crippen molar-refractivity contribution in [3.63, 3.8) is 0 Å². The summed E-state index contributed by atoms with van der Waals surface area (Å²) in [6, 6.07) is 27.8. The molecule has 45 heavy (non-hydrogen) atoms. The number of carbonyl (C=O) groups excluding carboxylic acids is 1. The van der Waals surface area contributed by atoms with Gasteiger partial charge in [0.1, 0.15) is 17.6 Å². The Morgan fingerprint density at radius 1 is 0.911 bits per heavy atom. The predicted molar refractivity (Wildman–Crippen MR) is 173 cm³/mol. The van der Waals surface area contributed by atoms with Crippen LogP contribution in [0.15, 0.2) is 102 Å². The second-order valence-corrected chi connectivity index (χ2v) is 10.8. The van der Waals surface area contributed by atoms with Gasteiger partial charge >= 0.3 is 5.97 Å². The Kier molecular flexibility index (Phi) is 8.17. The molecule has 4 N–H and O–H groups in total. The van der Waals surface area contributed by atoms with Crippen molar-refractivity contribution in [2.75, 3.05) is 12.4 Å². The number of fused-ring (bicyclic) bond motifs is 1. The fourth-order valence-corrected chi connectivity index (χ4v) is 4.99. The van der Waals surface area contributed by atoms with E-state index in [1.54, 1.807) is 31.5 Å². The van der Waals surface area contributed by atoms with Crippen molar-refractivity contribution in [1.82, 2.24) is 24.4 Å². The molecule has 0 saturated carbocycles. The molecule has 6 aromatic rings. The Morgan fingerprint density at radius 3 is 2.20 bits per heavy atom. The molecule has 228 valence electrons. The number of nitrogens with two attached hydrogens (primary N) is 1. The van der Waals surface area contributed by atoms with Gasteiger partial charge in [-0.1, -0.05) is 86.6 Å². The fraction of sp³-hybridized carbons (Fsp3) is 0.176. The van der Waals surface area contributed by atoms with Crippen LogP contribution in [-0.2, 0) is 16.3 Å². The molecule has 0 aliphatic rings. The molecule has 0 bridgehead atoms. The monoisotopic (exact) mass is 603 g/mol. The van der Waals surface area contributed by atoms with E-state index in [4.69, 9.17) is 20.2 Å². The molecule has 0 fully saturated rings. The summed E-state index contributed by atoms with van der Waals surface area (Å²) in [6.45, 7) is 3.59. The van der Waals surface area contributed by atoms with E-state index in [9.17, 15) is 9.59 Å². The van der Waals surface area contributed by atoms with Crippen LogP contribution >= 0.6 is 0 Å². The van der Waals surface area contributed by atoms with Crippen LogP contribution in [0, 0.1) is 5.92 Å². The summed E-state index contributed by atoms with van der Waals surface area (Å²) in [6.07, 6.45) is 1.66. The number of methoxy groups -OCH3 is 1. The number of aromatic nitrogens is 5. The summed E-state index contributed by atoms with van der Waals surface area (Å²) in [7, 11) is 1.59. The predicted octanol–water partition coefficient (Wildman–Crippen LogP) is 5.46. The summed E-state index contributed by atoms with van der Waals surface area (Å²) < 4.78 is 13.6. The van der Waals surface area contributed by atoms with Crippen molar-refractivity contribution >= 4 is 23.3 Å². The Morgan fingerprint density at radius 2 is 1.56 bits per heavy atom. The number of hydrogen-bond donors (Lipinski definition) is 3. The van der Waals surface area contributed by atoms with Gasteiger partial charge < -0.3 is 20.5 Å². The zero-order valence-electron chi connectivity index (χ0n) is 25.1. The third-order valence-corrected chi connectivity index (χ3v) is 7.50. The third-order valence-electron chi connectivity index (χ3n) is 7.50. The van der Waals surface area contributed by atoms with Gasteiger partial charge in [0, 0.05) is 17.8 Å². The molecule has 0 aliphatic carbocycles. The quantitative estimate of drug-likeness (QED) is 0.175. The second-order valence-electron chi connectivity index (χ2n) is 10.8. The zero-order chi connectivity index (χ0) is 31.5. The highest BCUT2D eigenvalue weighted by Crippen LogP contribution is 2.36. The van der Waals surface area contributed by atoms with Crippen LogP contribution in [0.4, 0.5) is 11.6 Å². The first-order valence-electron chi connectivity index (χ1n) is 14.5. The van der Waals surface area contributed by atoms with E-state index in [0.717, 1.165) is 22.4 Å². The summed E-state index contributed by atoms with van der Waals surface area (Å²) in [5.41, 5.74) is 10.4. The normalized spacial score (nSPS) is 11.9. The summed E-state index contributed by atoms with van der Waals surface area (Å²) in [4.78, 5) is 31.6. The summed E-state index contributed by atoms with van der Waals surface area (Å²) in [5, 5.41) is 11.1. The molecule has 0 saturated heterocycles. The largest absolute Gasteiger partial charge is 0.497 e. The summed E-state index contributed by atoms with van der Waals surface area (Å²) in [5.74, 6) is 0.813. The number of rotatable bonds is 10. The molecule has 0 spiro atoms.